The minimum atomic E-state index is -0.763. The van der Waals surface area contributed by atoms with Crippen molar-refractivity contribution >= 4 is 42.1 Å². The lowest BCUT2D eigenvalue weighted by Crippen LogP contribution is -2.55. The molecular formula is C56H79ClN4O12. The van der Waals surface area contributed by atoms with Gasteiger partial charge in [0.2, 0.25) is 17.7 Å². The number of methoxy groups -OCH3 is 2. The molecule has 2 saturated heterocycles. The Balaban J connectivity index is 0.000000277. The van der Waals surface area contributed by atoms with Crippen LogP contribution >= 0.6 is 12.4 Å². The van der Waals surface area contributed by atoms with Crippen LogP contribution in [0.4, 0.5) is 0 Å². The number of carbonyl (C=O) groups is 5. The molecule has 2 aliphatic heterocycles. The molecule has 6 atom stereocenters. The molecule has 2 heterocycles. The van der Waals surface area contributed by atoms with Crippen molar-refractivity contribution in [3.05, 3.63) is 102 Å². The monoisotopic (exact) mass is 1030 g/mol. The summed E-state index contributed by atoms with van der Waals surface area (Å²) >= 11 is 0. The number of esters is 2. The topological polar surface area (TPSA) is 205 Å². The third-order valence-corrected chi connectivity index (χ3v) is 14.3. The minimum absolute atomic E-state index is 0. The average molecular weight is 1040 g/mol. The number of aromatic hydroxyl groups is 1. The number of nitrogens with two attached hydrogens (primary N) is 1. The van der Waals surface area contributed by atoms with E-state index in [0.717, 1.165) is 75.3 Å². The number of ether oxygens (including phenoxy) is 6. The van der Waals surface area contributed by atoms with Gasteiger partial charge in [-0.25, -0.2) is 9.59 Å². The van der Waals surface area contributed by atoms with E-state index in [0.29, 0.717) is 71.0 Å². The average Bonchev–Trinajstić information content (AvgIpc) is 4.05. The molecule has 0 radical (unpaired) electrons. The number of rotatable bonds is 23. The number of amides is 3. The van der Waals surface area contributed by atoms with Crippen molar-refractivity contribution in [2.75, 3.05) is 53.7 Å². The Morgan fingerprint density at radius 1 is 0.616 bits per heavy atom. The number of phenols is 1. The second-order valence-corrected chi connectivity index (χ2v) is 19.5. The molecule has 0 unspecified atom stereocenters. The van der Waals surface area contributed by atoms with Crippen LogP contribution in [0.1, 0.15) is 107 Å². The fourth-order valence-corrected chi connectivity index (χ4v) is 10.4. The van der Waals surface area contributed by atoms with Gasteiger partial charge in [-0.15, -0.1) is 12.4 Å². The number of carbonyl (C=O) groups excluding carboxylic acids is 5. The molecule has 4 N–H and O–H groups in total. The van der Waals surface area contributed by atoms with E-state index in [1.54, 1.807) is 29.2 Å². The number of benzene rings is 3. The van der Waals surface area contributed by atoms with Gasteiger partial charge in [-0.3, -0.25) is 14.4 Å². The molecular weight excluding hydrogens is 956 g/mol. The summed E-state index contributed by atoms with van der Waals surface area (Å²) in [6.07, 6.45) is 11.9. The first kappa shape index (κ1) is 58.8. The molecule has 0 bridgehead atoms. The molecule has 4 aliphatic rings. The molecule has 73 heavy (non-hydrogen) atoms. The van der Waals surface area contributed by atoms with Crippen LogP contribution in [0.3, 0.4) is 0 Å². The van der Waals surface area contributed by atoms with Gasteiger partial charge in [-0.2, -0.15) is 0 Å². The first-order chi connectivity index (χ1) is 35.0. The van der Waals surface area contributed by atoms with Crippen LogP contribution < -0.4 is 11.1 Å². The molecule has 16 nitrogen and oxygen atoms in total. The van der Waals surface area contributed by atoms with Gasteiger partial charge in [0.15, 0.2) is 0 Å². The zero-order valence-corrected chi connectivity index (χ0v) is 43.6. The number of likely N-dealkylation sites (tertiary alicyclic amines) is 2. The number of nitrogens with one attached hydrogen (secondary N) is 1. The maximum Gasteiger partial charge on any atom is 0.328 e. The maximum atomic E-state index is 14.0. The number of hydrogen-bond donors (Lipinski definition) is 3. The first-order valence-corrected chi connectivity index (χ1v) is 26.1. The van der Waals surface area contributed by atoms with Crippen molar-refractivity contribution in [1.82, 2.24) is 15.1 Å². The molecule has 0 spiro atoms. The van der Waals surface area contributed by atoms with Crippen molar-refractivity contribution in [3.8, 4) is 5.75 Å². The predicted octanol–water partition coefficient (Wildman–Crippen LogP) is 6.85. The highest BCUT2D eigenvalue weighted by Crippen LogP contribution is 2.32. The van der Waals surface area contributed by atoms with Crippen LogP contribution in [0.25, 0.3) is 0 Å². The van der Waals surface area contributed by atoms with Gasteiger partial charge in [0.1, 0.15) is 23.9 Å². The van der Waals surface area contributed by atoms with Crippen molar-refractivity contribution in [1.29, 1.82) is 0 Å². The van der Waals surface area contributed by atoms with E-state index in [1.807, 2.05) is 60.7 Å². The number of nitrogens with zero attached hydrogens (tertiary/aromatic N) is 2. The summed E-state index contributed by atoms with van der Waals surface area (Å²) in [7, 11) is 2.67. The highest BCUT2D eigenvalue weighted by Gasteiger charge is 2.46. The van der Waals surface area contributed by atoms with Crippen molar-refractivity contribution in [2.45, 2.75) is 146 Å². The van der Waals surface area contributed by atoms with Gasteiger partial charge >= 0.3 is 11.9 Å². The maximum absolute atomic E-state index is 14.0. The Hall–Kier alpha value is -5.10. The van der Waals surface area contributed by atoms with Crippen LogP contribution in [0, 0.1) is 11.8 Å². The van der Waals surface area contributed by atoms with Crippen molar-refractivity contribution in [2.24, 2.45) is 17.6 Å². The summed E-state index contributed by atoms with van der Waals surface area (Å²) in [5.41, 5.74) is 9.24. The fraction of sp³-hybridized carbons (Fsp3) is 0.589. The molecule has 3 amide bonds. The van der Waals surface area contributed by atoms with Gasteiger partial charge in [-0.05, 0) is 79.2 Å². The van der Waals surface area contributed by atoms with Gasteiger partial charge in [0.05, 0.1) is 52.1 Å². The number of phenolic OH excluding ortho intramolecular Hbond substituents is 1. The quantitative estimate of drug-likeness (QED) is 0.0658. The largest absolute Gasteiger partial charge is 0.508 e. The van der Waals surface area contributed by atoms with Crippen molar-refractivity contribution < 1.29 is 57.5 Å². The second kappa shape index (κ2) is 31.6. The highest BCUT2D eigenvalue weighted by molar-refractivity contribution is 5.92. The second-order valence-electron chi connectivity index (χ2n) is 19.5. The minimum Gasteiger partial charge on any atom is -0.508 e. The van der Waals surface area contributed by atoms with E-state index in [-0.39, 0.29) is 72.9 Å². The third-order valence-electron chi connectivity index (χ3n) is 14.3. The van der Waals surface area contributed by atoms with E-state index in [4.69, 9.17) is 34.2 Å². The van der Waals surface area contributed by atoms with Gasteiger partial charge in [-0.1, -0.05) is 111 Å². The van der Waals surface area contributed by atoms with E-state index in [9.17, 15) is 29.1 Å². The molecule has 4 fully saturated rings. The molecule has 3 aromatic rings. The molecule has 7 rings (SSSR count). The molecule has 2 saturated carbocycles. The molecule has 17 heteroatoms. The standard InChI is InChI=1S/C32H42N2O7.C24H36N2O5.ClH/c1-39-32(38)28-20-27(41-17-9-16-40-22-23-10-4-2-5-11-23)21-34(28)31(37)30(25-13-6-3-7-14-25)33-29(36)19-24-12-8-15-26(35)18-24;1-29-24(28)21-15-20(31-14-8-13-30-17-18-9-4-2-5-10-18)16-26(21)23(27)22(25)19-11-6-3-7-12-19;/h2,4-5,8,10-12,15,18,25,27-28,30,35H,3,6-7,9,13-14,16-17,19-22H2,1H3,(H,33,36);2,4-5,9-10,19-22H,3,6-8,11-17,25H2,1H3;1H/t27-,28+,30+;20-,21+,22+;/m11./s1. The fourth-order valence-electron chi connectivity index (χ4n) is 10.4. The van der Waals surface area contributed by atoms with Crippen LogP contribution in [-0.2, 0) is 72.0 Å². The Morgan fingerprint density at radius 2 is 1.08 bits per heavy atom. The Labute approximate surface area is 437 Å². The van der Waals surface area contributed by atoms with Crippen LogP contribution in [0.5, 0.6) is 5.75 Å². The lowest BCUT2D eigenvalue weighted by Gasteiger charge is -2.34. The van der Waals surface area contributed by atoms with Crippen molar-refractivity contribution in [3.63, 3.8) is 0 Å². The number of halogens is 1. The van der Waals surface area contributed by atoms with E-state index >= 15 is 0 Å². The van der Waals surface area contributed by atoms with E-state index in [1.165, 1.54) is 25.5 Å². The summed E-state index contributed by atoms with van der Waals surface area (Å²) in [5, 5.41) is 12.8. The Morgan fingerprint density at radius 3 is 1.56 bits per heavy atom. The lowest BCUT2D eigenvalue weighted by molar-refractivity contribution is -0.152. The highest BCUT2D eigenvalue weighted by atomic mass is 35.5. The predicted molar refractivity (Wildman–Crippen MR) is 277 cm³/mol. The summed E-state index contributed by atoms with van der Waals surface area (Å²) in [6, 6.07) is 23.9. The molecule has 3 aromatic carbocycles. The smallest absolute Gasteiger partial charge is 0.328 e. The molecule has 2 aliphatic carbocycles. The summed E-state index contributed by atoms with van der Waals surface area (Å²) in [6.45, 7) is 3.86. The third kappa shape index (κ3) is 18.7. The molecule has 0 aromatic heterocycles. The van der Waals surface area contributed by atoms with Crippen LogP contribution in [0.15, 0.2) is 84.9 Å². The number of hydrogen-bond acceptors (Lipinski definition) is 13. The Kier molecular flexibility index (Phi) is 25.4. The summed E-state index contributed by atoms with van der Waals surface area (Å²) < 4.78 is 33.4. The van der Waals surface area contributed by atoms with Crippen LogP contribution in [-0.4, -0.2) is 135 Å². The first-order valence-electron chi connectivity index (χ1n) is 26.1. The summed E-state index contributed by atoms with van der Waals surface area (Å²) in [4.78, 5) is 68.3. The zero-order valence-electron chi connectivity index (χ0n) is 42.8. The van der Waals surface area contributed by atoms with Gasteiger partial charge in [0, 0.05) is 52.4 Å². The van der Waals surface area contributed by atoms with E-state index in [2.05, 4.69) is 5.32 Å². The van der Waals surface area contributed by atoms with E-state index < -0.39 is 36.1 Å². The normalized spacial score (nSPS) is 21.0. The lowest BCUT2D eigenvalue weighted by atomic mass is 9.83. The zero-order chi connectivity index (χ0) is 51.1. The SMILES string of the molecule is COC(=O)[C@@H]1C[C@@H](OCCCOCc2ccccc2)CN1C(=O)[C@@H](N)C1CCCCC1.COC(=O)[C@@H]1C[C@@H](OCCCOCc2ccccc2)CN1C(=O)[C@@H](NC(=O)Cc1cccc(O)c1)C1CCCCC1.Cl. The van der Waals surface area contributed by atoms with Crippen LogP contribution in [0.2, 0.25) is 0 Å². The molecule has 402 valence electrons. The summed E-state index contributed by atoms with van der Waals surface area (Å²) in [5.74, 6) is -1.33. The van der Waals surface area contributed by atoms with Gasteiger partial charge in [0.25, 0.3) is 0 Å². The van der Waals surface area contributed by atoms with Gasteiger partial charge < -0.3 is 54.4 Å². The Bertz CT molecular complexity index is 2130.